The number of halogens is 3. The van der Waals surface area contributed by atoms with Gasteiger partial charge in [-0.05, 0) is 42.9 Å². The number of hydrogen-bond acceptors (Lipinski definition) is 3. The molecule has 34 heavy (non-hydrogen) atoms. The Bertz CT molecular complexity index is 1280. The van der Waals surface area contributed by atoms with Crippen molar-refractivity contribution >= 4 is 5.91 Å². The minimum atomic E-state index is -4.46. The highest BCUT2D eigenvalue weighted by molar-refractivity contribution is 5.79. The molecule has 0 saturated heterocycles. The highest BCUT2D eigenvalue weighted by Crippen LogP contribution is 2.51. The molecule has 176 valence electrons. The van der Waals surface area contributed by atoms with E-state index in [1.54, 1.807) is 4.90 Å². The Morgan fingerprint density at radius 2 is 1.85 bits per heavy atom. The van der Waals surface area contributed by atoms with E-state index in [1.165, 1.54) is 12.1 Å². The van der Waals surface area contributed by atoms with Crippen molar-refractivity contribution in [1.82, 2.24) is 14.9 Å². The van der Waals surface area contributed by atoms with Gasteiger partial charge >= 0.3 is 6.18 Å². The van der Waals surface area contributed by atoms with Crippen molar-refractivity contribution < 1.29 is 18.0 Å². The van der Waals surface area contributed by atoms with Crippen molar-refractivity contribution in [2.45, 2.75) is 50.2 Å². The molecule has 0 radical (unpaired) electrons. The van der Waals surface area contributed by atoms with Crippen LogP contribution in [0.2, 0.25) is 0 Å². The van der Waals surface area contributed by atoms with Gasteiger partial charge in [0.1, 0.15) is 5.82 Å². The highest BCUT2D eigenvalue weighted by Gasteiger charge is 2.48. The van der Waals surface area contributed by atoms with E-state index in [2.05, 4.69) is 4.98 Å². The molecule has 2 aliphatic rings. The lowest BCUT2D eigenvalue weighted by Gasteiger charge is -2.21. The van der Waals surface area contributed by atoms with Gasteiger partial charge < -0.3 is 9.88 Å². The minimum Gasteiger partial charge on any atom is -0.338 e. The summed E-state index contributed by atoms with van der Waals surface area (Å²) in [7, 11) is 0. The average Bonchev–Trinajstić information content (AvgIpc) is 3.64. The van der Waals surface area contributed by atoms with Crippen molar-refractivity contribution in [3.8, 4) is 0 Å². The number of H-pyrrole nitrogens is 1. The van der Waals surface area contributed by atoms with Crippen LogP contribution in [0.5, 0.6) is 0 Å². The van der Waals surface area contributed by atoms with Gasteiger partial charge in [-0.15, -0.1) is 0 Å². The fourth-order valence-corrected chi connectivity index (χ4v) is 4.75. The molecule has 1 amide bonds. The van der Waals surface area contributed by atoms with Crippen LogP contribution in [0.15, 0.2) is 59.4 Å². The Morgan fingerprint density at radius 1 is 1.09 bits per heavy atom. The monoisotopic (exact) mass is 467 g/mol. The van der Waals surface area contributed by atoms with E-state index in [9.17, 15) is 22.8 Å². The fourth-order valence-electron chi connectivity index (χ4n) is 4.75. The molecule has 1 N–H and O–H groups in total. The molecule has 1 aromatic heterocycles. The number of nitrogens with zero attached hydrogens (tertiary/aromatic N) is 2. The summed E-state index contributed by atoms with van der Waals surface area (Å²) < 4.78 is 39.0. The Labute approximate surface area is 194 Å². The van der Waals surface area contributed by atoms with E-state index in [1.807, 2.05) is 30.3 Å². The summed E-state index contributed by atoms with van der Waals surface area (Å²) in [5.41, 5.74) is 1.30. The molecule has 1 aliphatic carbocycles. The second-order valence-electron chi connectivity index (χ2n) is 9.08. The number of fused-ring (bicyclic) bond motifs is 1. The molecular formula is C26H24F3N3O2. The van der Waals surface area contributed by atoms with Crippen LogP contribution >= 0.6 is 0 Å². The molecule has 5 nitrogen and oxygen atoms in total. The van der Waals surface area contributed by atoms with Crippen molar-refractivity contribution in [3.05, 3.63) is 98.7 Å². The third-order valence-corrected chi connectivity index (χ3v) is 6.78. The fraction of sp³-hybridized carbons (Fsp3) is 0.346. The smallest absolute Gasteiger partial charge is 0.338 e. The molecular weight excluding hydrogens is 443 g/mol. The lowest BCUT2D eigenvalue weighted by atomic mass is 9.94. The van der Waals surface area contributed by atoms with E-state index in [0.717, 1.165) is 30.5 Å². The van der Waals surface area contributed by atoms with Crippen molar-refractivity contribution in [2.24, 2.45) is 0 Å². The summed E-state index contributed by atoms with van der Waals surface area (Å²) >= 11 is 0. The largest absolute Gasteiger partial charge is 0.416 e. The average molecular weight is 467 g/mol. The Balaban J connectivity index is 1.38. The number of amides is 1. The zero-order valence-electron chi connectivity index (χ0n) is 18.5. The molecule has 2 heterocycles. The molecule has 8 heteroatoms. The second kappa shape index (κ2) is 8.42. The van der Waals surface area contributed by atoms with Gasteiger partial charge in [-0.2, -0.15) is 13.2 Å². The predicted molar refractivity (Wildman–Crippen MR) is 120 cm³/mol. The van der Waals surface area contributed by atoms with Gasteiger partial charge in [0.25, 0.3) is 5.56 Å². The van der Waals surface area contributed by atoms with Crippen LogP contribution in [0.4, 0.5) is 13.2 Å². The van der Waals surface area contributed by atoms with Gasteiger partial charge in [-0.1, -0.05) is 48.5 Å². The van der Waals surface area contributed by atoms with Gasteiger partial charge in [0.2, 0.25) is 5.91 Å². The molecule has 3 aromatic rings. The predicted octanol–water partition coefficient (Wildman–Crippen LogP) is 4.39. The van der Waals surface area contributed by atoms with Gasteiger partial charge in [0.15, 0.2) is 0 Å². The van der Waals surface area contributed by atoms with Crippen LogP contribution in [-0.4, -0.2) is 27.3 Å². The SMILES string of the molecule is O=C(Cc1cccc(C(F)(F)F)c1)N1CCCc2nc(C3(c4ccccc4)CC3)[nH]c(=O)c2C1. The van der Waals surface area contributed by atoms with E-state index in [-0.39, 0.29) is 29.8 Å². The van der Waals surface area contributed by atoms with Gasteiger partial charge in [0, 0.05) is 6.54 Å². The summed E-state index contributed by atoms with van der Waals surface area (Å²) in [5, 5.41) is 0. The molecule has 1 saturated carbocycles. The Kier molecular flexibility index (Phi) is 5.54. The maximum atomic E-state index is 13.1. The third-order valence-electron chi connectivity index (χ3n) is 6.78. The number of aromatic amines is 1. The first kappa shape index (κ1) is 22.4. The van der Waals surface area contributed by atoms with Gasteiger partial charge in [-0.3, -0.25) is 9.59 Å². The zero-order chi connectivity index (χ0) is 23.9. The topological polar surface area (TPSA) is 66.1 Å². The number of hydrogen-bond donors (Lipinski definition) is 1. The number of nitrogens with one attached hydrogen (secondary N) is 1. The first-order valence-corrected chi connectivity index (χ1v) is 11.4. The lowest BCUT2D eigenvalue weighted by Crippen LogP contribution is -2.34. The quantitative estimate of drug-likeness (QED) is 0.619. The minimum absolute atomic E-state index is 0.105. The molecule has 0 unspecified atom stereocenters. The normalized spacial score (nSPS) is 17.1. The zero-order valence-corrected chi connectivity index (χ0v) is 18.5. The maximum Gasteiger partial charge on any atom is 0.416 e. The molecule has 0 bridgehead atoms. The van der Waals surface area contributed by atoms with Crippen LogP contribution in [0.25, 0.3) is 0 Å². The first-order chi connectivity index (χ1) is 16.3. The number of benzene rings is 2. The number of aryl methyl sites for hydroxylation is 1. The Morgan fingerprint density at radius 3 is 2.56 bits per heavy atom. The number of rotatable bonds is 4. The number of aromatic nitrogens is 2. The number of carbonyl (C=O) groups is 1. The summed E-state index contributed by atoms with van der Waals surface area (Å²) in [6.45, 7) is 0.529. The summed E-state index contributed by atoms with van der Waals surface area (Å²) in [6.07, 6.45) is -1.57. The molecule has 1 aliphatic heterocycles. The Hall–Kier alpha value is -3.42. The standard InChI is InChI=1S/C26H24F3N3O2/c27-26(28,29)19-9-4-6-17(14-19)15-22(33)32-13-5-10-21-20(16-32)23(34)31-24(30-21)25(11-12-25)18-7-2-1-3-8-18/h1-4,6-9,14H,5,10-13,15-16H2,(H,30,31,34). The van der Waals surface area contributed by atoms with Crippen LogP contribution < -0.4 is 5.56 Å². The molecule has 0 atom stereocenters. The summed E-state index contributed by atoms with van der Waals surface area (Å²) in [4.78, 5) is 35.4. The van der Waals surface area contributed by atoms with Crippen LogP contribution in [0.1, 0.15) is 53.0 Å². The van der Waals surface area contributed by atoms with E-state index < -0.39 is 11.7 Å². The van der Waals surface area contributed by atoms with E-state index in [4.69, 9.17) is 4.98 Å². The highest BCUT2D eigenvalue weighted by atomic mass is 19.4. The van der Waals surface area contributed by atoms with Crippen LogP contribution in [0.3, 0.4) is 0 Å². The first-order valence-electron chi connectivity index (χ1n) is 11.4. The van der Waals surface area contributed by atoms with Crippen molar-refractivity contribution in [2.75, 3.05) is 6.54 Å². The van der Waals surface area contributed by atoms with Crippen LogP contribution in [-0.2, 0) is 35.8 Å². The van der Waals surface area contributed by atoms with E-state index >= 15 is 0 Å². The van der Waals surface area contributed by atoms with Crippen LogP contribution in [0, 0.1) is 0 Å². The number of carbonyl (C=O) groups excluding carboxylic acids is 1. The summed E-state index contributed by atoms with van der Waals surface area (Å²) in [6, 6.07) is 14.8. The van der Waals surface area contributed by atoms with Gasteiger partial charge in [-0.25, -0.2) is 4.98 Å². The van der Waals surface area contributed by atoms with Crippen molar-refractivity contribution in [3.63, 3.8) is 0 Å². The number of alkyl halides is 3. The lowest BCUT2D eigenvalue weighted by molar-refractivity contribution is -0.138. The summed E-state index contributed by atoms with van der Waals surface area (Å²) in [5.74, 6) is 0.366. The molecule has 2 aromatic carbocycles. The maximum absolute atomic E-state index is 13.1. The molecule has 5 rings (SSSR count). The molecule has 1 fully saturated rings. The third kappa shape index (κ3) is 4.24. The molecule has 0 spiro atoms. The van der Waals surface area contributed by atoms with Gasteiger partial charge in [0.05, 0.1) is 35.2 Å². The van der Waals surface area contributed by atoms with E-state index in [0.29, 0.717) is 42.0 Å². The van der Waals surface area contributed by atoms with Crippen molar-refractivity contribution in [1.29, 1.82) is 0 Å². The second-order valence-corrected chi connectivity index (χ2v) is 9.08.